The smallest absolute Gasteiger partial charge is 0.358 e. The first-order chi connectivity index (χ1) is 29.2. The molecule has 0 N–H and O–H groups in total. The van der Waals surface area contributed by atoms with Gasteiger partial charge in [0.1, 0.15) is 0 Å². The quantitative estimate of drug-likeness (QED) is 0.0347. The lowest BCUT2D eigenvalue weighted by atomic mass is 11.9. The van der Waals surface area contributed by atoms with Crippen molar-refractivity contribution >= 4 is 146 Å². The minimum Gasteiger partial charge on any atom is -0.440 e. The zero-order chi connectivity index (χ0) is 54.7. The molecule has 0 saturated heterocycles. The van der Waals surface area contributed by atoms with Crippen LogP contribution in [0.25, 0.3) is 0 Å². The van der Waals surface area contributed by atoms with E-state index in [1.165, 1.54) is 0 Å². The second kappa shape index (κ2) is 24.8. The van der Waals surface area contributed by atoms with E-state index in [2.05, 4.69) is 170 Å². The van der Waals surface area contributed by atoms with Gasteiger partial charge in [0.15, 0.2) is 9.04 Å². The summed E-state index contributed by atoms with van der Waals surface area (Å²) in [4.78, 5) is 0. The molecule has 0 aromatic rings. The predicted octanol–water partition coefficient (Wildman–Crippen LogP) is 11.7. The monoisotopic (exact) mass is 1260 g/mol. The van der Waals surface area contributed by atoms with E-state index < -0.39 is 146 Å². The number of hydrogen-bond acceptors (Lipinski definition) is 17. The first kappa shape index (κ1) is 71.0. The first-order valence-corrected chi connectivity index (χ1v) is 71.9. The van der Waals surface area contributed by atoms with Crippen LogP contribution in [-0.4, -0.2) is 146 Å². The first-order valence-electron chi connectivity index (χ1n) is 24.1. The van der Waals surface area contributed by atoms with Gasteiger partial charge in [-0.3, -0.25) is 9.15 Å². The zero-order valence-electron chi connectivity index (χ0n) is 49.6. The molecule has 0 unspecified atom stereocenters. The third-order valence-electron chi connectivity index (χ3n) is 7.84. The Labute approximate surface area is 436 Å². The minimum atomic E-state index is -2.82. The van der Waals surface area contributed by atoms with E-state index in [0.717, 1.165) is 0 Å². The normalized spacial score (nSPS) is 15.9. The maximum atomic E-state index is 6.89. The topological polar surface area (TPSA) is 157 Å². The van der Waals surface area contributed by atoms with Gasteiger partial charge in [-0.25, -0.2) is 0 Å². The Balaban J connectivity index is 5.71. The summed E-state index contributed by atoms with van der Waals surface area (Å²) in [6.07, 6.45) is 0. The third-order valence-corrected chi connectivity index (χ3v) is 68.2. The van der Waals surface area contributed by atoms with Gasteiger partial charge in [0, 0.05) is 0 Å². The molecule has 0 aromatic heterocycles. The molecule has 0 radical (unpaired) electrons. The molecule has 17 nitrogen and oxygen atoms in total. The van der Waals surface area contributed by atoms with E-state index >= 15 is 0 Å². The van der Waals surface area contributed by atoms with Crippen molar-refractivity contribution in [2.75, 3.05) is 0 Å². The van der Waals surface area contributed by atoms with Crippen molar-refractivity contribution in [3.8, 4) is 0 Å². The Morgan fingerprint density at radius 1 is 0.176 bits per heavy atom. The maximum Gasteiger partial charge on any atom is 0.358 e. The summed E-state index contributed by atoms with van der Waals surface area (Å²) in [5.41, 5.74) is 0. The number of hydrogen-bond donors (Lipinski definition) is 0. The van der Waals surface area contributed by atoms with E-state index in [1.807, 2.05) is 52.4 Å². The molecule has 410 valence electrons. The molecule has 0 spiro atoms. The summed E-state index contributed by atoms with van der Waals surface area (Å²) in [6.45, 7) is 70.0. The lowest BCUT2D eigenvalue weighted by Gasteiger charge is -2.45. The van der Waals surface area contributed by atoms with Crippen LogP contribution in [-0.2, 0) is 70.9 Å². The van der Waals surface area contributed by atoms with Crippen molar-refractivity contribution in [3.05, 3.63) is 0 Å². The van der Waals surface area contributed by atoms with Gasteiger partial charge in [-0.2, -0.15) is 0 Å². The Morgan fingerprint density at radius 3 is 0.441 bits per heavy atom. The number of rotatable bonds is 33. The molecule has 0 fully saturated rings. The molecule has 0 amide bonds. The van der Waals surface area contributed by atoms with Crippen molar-refractivity contribution in [2.24, 2.45) is 0 Å². The fourth-order valence-corrected chi connectivity index (χ4v) is 89.7. The predicted molar refractivity (Wildman–Crippen MR) is 318 cm³/mol. The van der Waals surface area contributed by atoms with Gasteiger partial charge in [0.05, 0.1) is 0 Å². The second-order valence-corrected chi connectivity index (χ2v) is 83.7. The highest BCUT2D eigenvalue weighted by Crippen LogP contribution is 2.33. The molecule has 0 saturated carbocycles. The summed E-state index contributed by atoms with van der Waals surface area (Å²) >= 11 is 0. The molecular weight excluding hydrogens is 1160 g/mol. The summed E-state index contributed by atoms with van der Waals surface area (Å²) in [6, 6.07) is 0. The van der Waals surface area contributed by atoms with Crippen LogP contribution in [0.15, 0.2) is 0 Å². The van der Waals surface area contributed by atoms with Gasteiger partial charge >= 0.3 is 128 Å². The Hall–Kier alpha value is 3.01. The van der Waals surface area contributed by atoms with Gasteiger partial charge in [0.25, 0.3) is 0 Å². The minimum absolute atomic E-state index is 1.25. The molecule has 0 aliphatic heterocycles. The van der Waals surface area contributed by atoms with Gasteiger partial charge in [-0.05, 0) is 223 Å². The Kier molecular flexibility index (Phi) is 25.9. The summed E-state index contributed by atoms with van der Waals surface area (Å²) in [5.74, 6) is 0. The van der Waals surface area contributed by atoms with E-state index in [9.17, 15) is 0 Å². The molecule has 68 heavy (non-hydrogen) atoms. The van der Waals surface area contributed by atoms with Crippen LogP contribution in [0.2, 0.25) is 223 Å². The molecular formula is C34H104O17Si17. The average molecular weight is 1260 g/mol. The van der Waals surface area contributed by atoms with E-state index in [1.54, 1.807) is 0 Å². The van der Waals surface area contributed by atoms with E-state index in [0.29, 0.717) is 0 Å². The van der Waals surface area contributed by atoms with Crippen molar-refractivity contribution < 1.29 is 70.9 Å². The van der Waals surface area contributed by atoms with Crippen LogP contribution in [0, 0.1) is 0 Å². The molecule has 0 bridgehead atoms. The van der Waals surface area contributed by atoms with Crippen LogP contribution >= 0.6 is 0 Å². The van der Waals surface area contributed by atoms with Crippen LogP contribution in [0.1, 0.15) is 0 Å². The lowest BCUT2D eigenvalue weighted by Crippen LogP contribution is -2.63. The van der Waals surface area contributed by atoms with Gasteiger partial charge in [0.2, 0.25) is 9.04 Å². The molecule has 34 heteroatoms. The highest BCUT2D eigenvalue weighted by atomic mass is 28.5. The van der Waals surface area contributed by atoms with E-state index in [-0.39, 0.29) is 0 Å². The molecule has 0 heterocycles. The SMILES string of the molecule is C[SiH](C)OO[Si](C)(C)O[Si](C)(C)O[Si](C)(C)O[Si](C)(C)O[Si](C)(C)O[Si](C)(C)O[Si](C)(C)O[Si](C)(C)O[Si](C)(C)O[Si](C)(C)O[Si](C)(C)O[Si](C)(C)O[Si](C)(C)O[Si](C)(C)O[Si](C)(C)O[SiH](C)C. The molecule has 0 atom stereocenters. The molecule has 0 aromatic carbocycles. The van der Waals surface area contributed by atoms with Gasteiger partial charge in [-0.15, -0.1) is 0 Å². The highest BCUT2D eigenvalue weighted by Gasteiger charge is 2.53. The highest BCUT2D eigenvalue weighted by molar-refractivity contribution is 6.95. The van der Waals surface area contributed by atoms with Crippen molar-refractivity contribution in [1.29, 1.82) is 0 Å². The average Bonchev–Trinajstić information content (AvgIpc) is 2.84. The Bertz CT molecular complexity index is 1580. The largest absolute Gasteiger partial charge is 0.440 e. The third kappa shape index (κ3) is 33.2. The molecule has 0 rings (SSSR count). The van der Waals surface area contributed by atoms with Gasteiger partial charge in [-0.1, -0.05) is 0 Å². The second-order valence-electron chi connectivity index (χ2n) is 24.8. The summed E-state index contributed by atoms with van der Waals surface area (Å²) < 4.78 is 113. The standard InChI is InChI=1S/C34H104O17Si17/c1-52(2)35-36-54(5,6)38-56(9,10)40-58(13,14)42-60(17,18)44-62(21,22)46-64(25,26)48-66(29,30)50-68(33,34)51-67(31,32)49-65(27,28)47-63(23,24)45-61(19,20)43-59(15,16)41-57(11,12)39-55(7,8)37-53(3)4/h52-53H,1-34H3. The zero-order valence-corrected chi connectivity index (χ0v) is 66.9. The summed E-state index contributed by atoms with van der Waals surface area (Å²) in [7, 11) is -43.2. The van der Waals surface area contributed by atoms with Crippen LogP contribution in [0.4, 0.5) is 0 Å². The fraction of sp³-hybridized carbons (Fsp3) is 1.00. The van der Waals surface area contributed by atoms with Crippen molar-refractivity contribution in [1.82, 2.24) is 0 Å². The van der Waals surface area contributed by atoms with E-state index in [4.69, 9.17) is 70.9 Å². The van der Waals surface area contributed by atoms with Crippen LogP contribution < -0.4 is 0 Å². The lowest BCUT2D eigenvalue weighted by molar-refractivity contribution is -0.132. The van der Waals surface area contributed by atoms with Crippen molar-refractivity contribution in [2.45, 2.75) is 223 Å². The Morgan fingerprint density at radius 2 is 0.309 bits per heavy atom. The summed E-state index contributed by atoms with van der Waals surface area (Å²) in [5, 5.41) is 0. The molecule has 0 aliphatic carbocycles. The van der Waals surface area contributed by atoms with Gasteiger partial charge < -0.3 is 61.7 Å². The molecule has 0 aliphatic rings. The maximum absolute atomic E-state index is 6.89. The van der Waals surface area contributed by atoms with Crippen LogP contribution in [0.5, 0.6) is 0 Å². The van der Waals surface area contributed by atoms with Crippen molar-refractivity contribution in [3.63, 3.8) is 0 Å². The van der Waals surface area contributed by atoms with Crippen LogP contribution in [0.3, 0.4) is 0 Å². The fourth-order valence-electron chi connectivity index (χ4n) is 9.38.